The van der Waals surface area contributed by atoms with Crippen LogP contribution in [0.2, 0.25) is 10.0 Å². The highest BCUT2D eigenvalue weighted by Gasteiger charge is 2.21. The van der Waals surface area contributed by atoms with Crippen molar-refractivity contribution in [2.75, 3.05) is 0 Å². The molecule has 1 atom stereocenters. The van der Waals surface area contributed by atoms with E-state index in [2.05, 4.69) is 4.98 Å². The summed E-state index contributed by atoms with van der Waals surface area (Å²) >= 11 is 11.9. The molecule has 128 valence electrons. The topological polar surface area (TPSA) is 46.0 Å². The van der Waals surface area contributed by atoms with Gasteiger partial charge in [0.15, 0.2) is 6.10 Å². The molecule has 0 unspecified atom stereocenters. The maximum Gasteiger partial charge on any atom is 0.338 e. The molecule has 0 fully saturated rings. The van der Waals surface area contributed by atoms with E-state index in [9.17, 15) is 9.18 Å². The number of hydrogen-bond donors (Lipinski definition) is 1. The van der Waals surface area contributed by atoms with Gasteiger partial charge in [0, 0.05) is 10.0 Å². The summed E-state index contributed by atoms with van der Waals surface area (Å²) in [6, 6.07) is 10.3. The number of carbonyl (C=O) groups excluding carboxylic acids is 1. The van der Waals surface area contributed by atoms with Crippen molar-refractivity contribution < 1.29 is 18.5 Å². The Kier molecular flexibility index (Phi) is 5.36. The van der Waals surface area contributed by atoms with Crippen LogP contribution < -0.4 is 4.57 Å². The van der Waals surface area contributed by atoms with Crippen LogP contribution >= 0.6 is 23.2 Å². The highest BCUT2D eigenvalue weighted by atomic mass is 35.5. The van der Waals surface area contributed by atoms with Crippen LogP contribution in [-0.4, -0.2) is 11.0 Å². The van der Waals surface area contributed by atoms with E-state index in [0.717, 1.165) is 0 Å². The summed E-state index contributed by atoms with van der Waals surface area (Å²) in [5.74, 6) is -0.917. The Balaban J connectivity index is 1.85. The minimum atomic E-state index is -0.605. The van der Waals surface area contributed by atoms with E-state index in [4.69, 9.17) is 27.9 Å². The Morgan fingerprint density at radius 3 is 2.44 bits per heavy atom. The predicted molar refractivity (Wildman–Crippen MR) is 92.0 cm³/mol. The number of esters is 1. The lowest BCUT2D eigenvalue weighted by atomic mass is 10.1. The zero-order valence-electron chi connectivity index (χ0n) is 13.0. The molecule has 1 N–H and O–H groups in total. The van der Waals surface area contributed by atoms with E-state index in [1.807, 2.05) is 4.57 Å². The molecular formula is C18H14Cl2FN2O2+. The van der Waals surface area contributed by atoms with Crippen molar-refractivity contribution >= 4 is 29.2 Å². The molecule has 1 aromatic heterocycles. The van der Waals surface area contributed by atoms with Gasteiger partial charge in [0.2, 0.25) is 6.33 Å². The molecule has 7 heteroatoms. The number of imidazole rings is 1. The number of hydrogen-bond acceptors (Lipinski definition) is 2. The van der Waals surface area contributed by atoms with Gasteiger partial charge in [0.25, 0.3) is 0 Å². The van der Waals surface area contributed by atoms with Gasteiger partial charge < -0.3 is 4.74 Å². The van der Waals surface area contributed by atoms with Gasteiger partial charge >= 0.3 is 5.97 Å². The minimum Gasteiger partial charge on any atom is -0.450 e. The number of rotatable bonds is 5. The molecule has 2 aromatic carbocycles. The number of benzene rings is 2. The molecule has 4 nitrogen and oxygen atoms in total. The molecule has 0 saturated heterocycles. The summed E-state index contributed by atoms with van der Waals surface area (Å²) in [5.41, 5.74) is 0.931. The van der Waals surface area contributed by atoms with E-state index in [1.54, 1.807) is 30.9 Å². The van der Waals surface area contributed by atoms with Crippen LogP contribution in [0.25, 0.3) is 0 Å². The smallest absolute Gasteiger partial charge is 0.338 e. The number of nitrogens with zero attached hydrogens (tertiary/aromatic N) is 1. The van der Waals surface area contributed by atoms with Crippen molar-refractivity contribution in [3.05, 3.63) is 88.2 Å². The average molecular weight is 380 g/mol. The van der Waals surface area contributed by atoms with E-state index in [0.29, 0.717) is 22.2 Å². The summed E-state index contributed by atoms with van der Waals surface area (Å²) in [6.45, 7) is 0.370. The highest BCUT2D eigenvalue weighted by molar-refractivity contribution is 6.35. The Hall–Kier alpha value is -2.37. The maximum atomic E-state index is 13.2. The van der Waals surface area contributed by atoms with E-state index in [-0.39, 0.29) is 11.4 Å². The third-order valence-electron chi connectivity index (χ3n) is 3.57. The Morgan fingerprint density at radius 2 is 1.84 bits per heavy atom. The number of aromatic nitrogens is 2. The molecule has 1 heterocycles. The van der Waals surface area contributed by atoms with Gasteiger partial charge in [-0.05, 0) is 35.9 Å². The fraction of sp³-hybridized carbons (Fsp3) is 0.111. The Bertz CT molecular complexity index is 847. The van der Waals surface area contributed by atoms with E-state index < -0.39 is 12.1 Å². The van der Waals surface area contributed by atoms with Crippen LogP contribution in [0.1, 0.15) is 22.0 Å². The van der Waals surface area contributed by atoms with Gasteiger partial charge in [0.1, 0.15) is 24.8 Å². The largest absolute Gasteiger partial charge is 0.450 e. The lowest BCUT2D eigenvalue weighted by Gasteiger charge is -2.17. The fourth-order valence-corrected chi connectivity index (χ4v) is 2.91. The second-order valence-corrected chi connectivity index (χ2v) is 6.28. The predicted octanol–water partition coefficient (Wildman–Crippen LogP) is 4.35. The second kappa shape index (κ2) is 7.68. The van der Waals surface area contributed by atoms with Crippen molar-refractivity contribution in [3.63, 3.8) is 0 Å². The highest BCUT2D eigenvalue weighted by Crippen LogP contribution is 2.23. The summed E-state index contributed by atoms with van der Waals surface area (Å²) in [7, 11) is 0. The number of H-pyrrole nitrogens is 1. The molecule has 0 aliphatic carbocycles. The molecule has 0 spiro atoms. The molecular weight excluding hydrogens is 366 g/mol. The van der Waals surface area contributed by atoms with Gasteiger partial charge in [-0.2, -0.15) is 0 Å². The monoisotopic (exact) mass is 379 g/mol. The minimum absolute atomic E-state index is 0.253. The van der Waals surface area contributed by atoms with Crippen molar-refractivity contribution in [2.45, 2.75) is 12.6 Å². The Morgan fingerprint density at radius 1 is 1.16 bits per heavy atom. The molecule has 0 radical (unpaired) electrons. The van der Waals surface area contributed by atoms with Crippen LogP contribution in [0.15, 0.2) is 61.2 Å². The van der Waals surface area contributed by atoms with Crippen LogP contribution in [0.5, 0.6) is 0 Å². The third-order valence-corrected chi connectivity index (χ3v) is 4.01. The lowest BCUT2D eigenvalue weighted by molar-refractivity contribution is -0.703. The first-order valence-corrected chi connectivity index (χ1v) is 8.21. The molecule has 0 bridgehead atoms. The third kappa shape index (κ3) is 4.59. The molecule has 0 aliphatic heterocycles. The van der Waals surface area contributed by atoms with Gasteiger partial charge in [-0.1, -0.05) is 35.3 Å². The number of ether oxygens (including phenoxy) is 1. The molecule has 3 rings (SSSR count). The average Bonchev–Trinajstić information content (AvgIpc) is 3.07. The summed E-state index contributed by atoms with van der Waals surface area (Å²) in [5, 5.41) is 0.690. The quantitative estimate of drug-likeness (QED) is 0.529. The first-order valence-electron chi connectivity index (χ1n) is 7.45. The van der Waals surface area contributed by atoms with Crippen molar-refractivity contribution in [1.29, 1.82) is 0 Å². The molecule has 0 amide bonds. The van der Waals surface area contributed by atoms with Gasteiger partial charge in [-0.3, -0.25) is 4.98 Å². The lowest BCUT2D eigenvalue weighted by Crippen LogP contribution is -2.35. The molecule has 3 aromatic rings. The zero-order valence-corrected chi connectivity index (χ0v) is 14.5. The number of nitrogens with one attached hydrogen (secondary N) is 1. The molecule has 0 saturated carbocycles. The summed E-state index contributed by atoms with van der Waals surface area (Å²) in [6.07, 6.45) is 4.69. The normalized spacial score (nSPS) is 12.0. The standard InChI is InChI=1S/C18H13Cl2FN2O2/c19-14-7-13(8-15(20)9-14)18(24)25-17(10-23-6-5-22-11-23)12-1-3-16(21)4-2-12/h1-9,11,17H,10H2/p+1/t17-/m1/s1. The second-order valence-electron chi connectivity index (χ2n) is 5.41. The molecule has 25 heavy (non-hydrogen) atoms. The first-order chi connectivity index (χ1) is 12.0. The number of aromatic amines is 1. The van der Waals surface area contributed by atoms with E-state index in [1.165, 1.54) is 30.3 Å². The number of carbonyl (C=O) groups is 1. The van der Waals surface area contributed by atoms with Gasteiger partial charge in [0.05, 0.1) is 5.56 Å². The molecule has 0 aliphatic rings. The van der Waals surface area contributed by atoms with Crippen molar-refractivity contribution in [2.24, 2.45) is 0 Å². The summed E-state index contributed by atoms with van der Waals surface area (Å²) < 4.78 is 20.7. The van der Waals surface area contributed by atoms with Crippen LogP contribution in [-0.2, 0) is 11.3 Å². The maximum absolute atomic E-state index is 13.2. The van der Waals surface area contributed by atoms with Crippen LogP contribution in [0, 0.1) is 5.82 Å². The summed E-state index contributed by atoms with van der Waals surface area (Å²) in [4.78, 5) is 15.4. The first kappa shape index (κ1) is 17.5. The van der Waals surface area contributed by atoms with Gasteiger partial charge in [-0.25, -0.2) is 13.8 Å². The van der Waals surface area contributed by atoms with Crippen molar-refractivity contribution in [3.8, 4) is 0 Å². The van der Waals surface area contributed by atoms with Gasteiger partial charge in [-0.15, -0.1) is 0 Å². The van der Waals surface area contributed by atoms with Crippen LogP contribution in [0.4, 0.5) is 4.39 Å². The van der Waals surface area contributed by atoms with Crippen LogP contribution in [0.3, 0.4) is 0 Å². The fourth-order valence-electron chi connectivity index (χ4n) is 2.38. The van der Waals surface area contributed by atoms with Crippen molar-refractivity contribution in [1.82, 2.24) is 4.98 Å². The Labute approximate surface area is 153 Å². The zero-order chi connectivity index (χ0) is 17.8. The van der Waals surface area contributed by atoms with E-state index >= 15 is 0 Å². The number of halogens is 3. The SMILES string of the molecule is O=C(O[C@H](C[n+]1cc[nH]c1)c1ccc(F)cc1)c1cc(Cl)cc(Cl)c1.